The van der Waals surface area contributed by atoms with E-state index in [9.17, 15) is 8.78 Å². The zero-order chi connectivity index (χ0) is 32.8. The molecule has 1 N–H and O–H groups in total. The number of alkyl halides is 2. The molecule has 1 fully saturated rings. The zero-order valence-corrected chi connectivity index (χ0v) is 28.2. The number of halogens is 2. The van der Waals surface area contributed by atoms with Gasteiger partial charge in [-0.15, -0.1) is 0 Å². The van der Waals surface area contributed by atoms with E-state index in [1.54, 1.807) is 0 Å². The number of H-pyrrole nitrogens is 1. The van der Waals surface area contributed by atoms with Crippen molar-refractivity contribution in [3.05, 3.63) is 65.1 Å². The van der Waals surface area contributed by atoms with E-state index in [2.05, 4.69) is 79.0 Å². The zero-order valence-electron chi connectivity index (χ0n) is 28.2. The number of aromatic amines is 1. The number of benzene rings is 1. The number of hydrogen-bond acceptors (Lipinski definition) is 5. The van der Waals surface area contributed by atoms with Crippen LogP contribution in [0, 0.1) is 6.92 Å². The van der Waals surface area contributed by atoms with Crippen molar-refractivity contribution in [3.8, 4) is 11.3 Å². The van der Waals surface area contributed by atoms with E-state index < -0.39 is 5.92 Å². The quantitative estimate of drug-likeness (QED) is 0.274. The van der Waals surface area contributed by atoms with E-state index >= 15 is 0 Å². The topological polar surface area (TPSA) is 74.8 Å². The minimum Gasteiger partial charge on any atom is -0.340 e. The fraction of sp³-hybridized carbons (Fsp3) is 0.543. The summed E-state index contributed by atoms with van der Waals surface area (Å²) in [4.78, 5) is 20.4. The number of aromatic nitrogens is 4. The van der Waals surface area contributed by atoms with Crippen LogP contribution in [0.2, 0.25) is 0 Å². The Hall–Kier alpha value is -3.42. The first-order chi connectivity index (χ1) is 20.5. The number of hydrogen-bond donors (Lipinski definition) is 1. The van der Waals surface area contributed by atoms with Gasteiger partial charge < -0.3 is 9.69 Å². The molecule has 8 heteroatoms. The van der Waals surface area contributed by atoms with Gasteiger partial charge in [-0.3, -0.25) is 5.10 Å². The third-order valence-electron chi connectivity index (χ3n) is 6.65. The van der Waals surface area contributed by atoms with Crippen LogP contribution in [-0.4, -0.2) is 45.5 Å². The second-order valence-corrected chi connectivity index (χ2v) is 10.3. The van der Waals surface area contributed by atoms with E-state index in [4.69, 9.17) is 9.78 Å². The first-order valence-corrected chi connectivity index (χ1v) is 15.7. The van der Waals surface area contributed by atoms with E-state index in [0.717, 1.165) is 43.0 Å². The molecule has 6 nitrogen and oxygen atoms in total. The van der Waals surface area contributed by atoms with Crippen molar-refractivity contribution in [3.63, 3.8) is 0 Å². The molecule has 3 aromatic rings. The van der Waals surface area contributed by atoms with Gasteiger partial charge in [0.15, 0.2) is 0 Å². The monoisotopic (exact) mass is 599 g/mol. The molecule has 0 amide bonds. The molecule has 1 unspecified atom stereocenters. The maximum atomic E-state index is 11.9. The van der Waals surface area contributed by atoms with Gasteiger partial charge >= 0.3 is 0 Å². The van der Waals surface area contributed by atoms with Crippen LogP contribution in [0.5, 0.6) is 0 Å². The number of aryl methyl sites for hydroxylation is 1. The van der Waals surface area contributed by atoms with Crippen molar-refractivity contribution in [2.24, 2.45) is 0 Å². The van der Waals surface area contributed by atoms with Gasteiger partial charge in [0.1, 0.15) is 6.29 Å². The summed E-state index contributed by atoms with van der Waals surface area (Å²) in [5, 5.41) is 6.98. The molecule has 0 spiro atoms. The molecule has 43 heavy (non-hydrogen) atoms. The van der Waals surface area contributed by atoms with Crippen molar-refractivity contribution in [2.75, 3.05) is 18.0 Å². The van der Waals surface area contributed by atoms with Gasteiger partial charge in [0.05, 0.1) is 11.9 Å². The molecule has 1 aromatic carbocycles. The summed E-state index contributed by atoms with van der Waals surface area (Å²) in [5.41, 5.74) is 7.19. The normalized spacial score (nSPS) is 13.5. The van der Waals surface area contributed by atoms with Gasteiger partial charge in [0.2, 0.25) is 11.9 Å². The maximum absolute atomic E-state index is 11.9. The molecule has 1 atom stereocenters. The Morgan fingerprint density at radius 3 is 2.19 bits per heavy atom. The lowest BCUT2D eigenvalue weighted by molar-refractivity contribution is -0.106. The van der Waals surface area contributed by atoms with Crippen molar-refractivity contribution < 1.29 is 13.6 Å². The number of unbranched alkanes of at least 4 members (excludes halogenated alkanes) is 1. The van der Waals surface area contributed by atoms with E-state index in [1.165, 1.54) is 55.9 Å². The number of nitrogens with one attached hydrogen (secondary N) is 1. The van der Waals surface area contributed by atoms with Crippen molar-refractivity contribution in [2.45, 2.75) is 113 Å². The van der Waals surface area contributed by atoms with Crippen LogP contribution in [0.3, 0.4) is 0 Å². The number of carbonyl (C=O) groups excluding carboxylic acids is 1. The molecule has 240 valence electrons. The Morgan fingerprint density at radius 1 is 1.09 bits per heavy atom. The molecule has 1 aliphatic rings. The molecule has 1 saturated heterocycles. The molecule has 0 bridgehead atoms. The largest absolute Gasteiger partial charge is 0.340 e. The first-order valence-electron chi connectivity index (χ1n) is 15.7. The Kier molecular flexibility index (Phi) is 20.4. The van der Waals surface area contributed by atoms with Gasteiger partial charge in [-0.05, 0) is 62.9 Å². The highest BCUT2D eigenvalue weighted by atomic mass is 19.3. The van der Waals surface area contributed by atoms with Crippen LogP contribution in [0.25, 0.3) is 17.3 Å². The van der Waals surface area contributed by atoms with Crippen LogP contribution in [-0.2, 0) is 4.79 Å². The average Bonchev–Trinajstić information content (AvgIpc) is 3.73. The standard InChI is InChI=1S/C22H25N5.C5H10F2.C4H10.C2H4O.C2H6/c1-15(2)10-17-4-5-18(11-16(17)3)21-6-8-23-22(26-21)27-9-7-19(14-27)20-12-24-25-13-20;1-3-5(6,7)4-2;1-3-4-2;1-2-3;1-2/h4-6,8,10-13,19H,7,9,14H2,1-3H3,(H,24,25);3-4H2,1-2H3;3-4H2,1-2H3;2H,1H3;1-2H3. The van der Waals surface area contributed by atoms with Crippen molar-refractivity contribution in [1.82, 2.24) is 20.2 Å². The van der Waals surface area contributed by atoms with Crippen molar-refractivity contribution >= 4 is 18.3 Å². The Morgan fingerprint density at radius 2 is 1.72 bits per heavy atom. The summed E-state index contributed by atoms with van der Waals surface area (Å²) in [7, 11) is 0. The third-order valence-corrected chi connectivity index (χ3v) is 6.65. The molecule has 0 radical (unpaired) electrons. The van der Waals surface area contributed by atoms with Gasteiger partial charge in [0.25, 0.3) is 0 Å². The lowest BCUT2D eigenvalue weighted by Gasteiger charge is -2.17. The number of aldehydes is 1. The average molecular weight is 600 g/mol. The molecular formula is C35H55F2N5O. The smallest absolute Gasteiger partial charge is 0.247 e. The first kappa shape index (κ1) is 39.6. The number of carbonyl (C=O) groups is 1. The van der Waals surface area contributed by atoms with E-state index in [0.29, 0.717) is 5.92 Å². The maximum Gasteiger partial charge on any atom is 0.247 e. The summed E-state index contributed by atoms with van der Waals surface area (Å²) >= 11 is 0. The predicted octanol–water partition coefficient (Wildman–Crippen LogP) is 10.1. The van der Waals surface area contributed by atoms with Crippen molar-refractivity contribution in [1.29, 1.82) is 0 Å². The molecule has 0 aliphatic carbocycles. The number of nitrogens with zero attached hydrogens (tertiary/aromatic N) is 4. The highest BCUT2D eigenvalue weighted by Crippen LogP contribution is 2.30. The number of allylic oxidation sites excluding steroid dienone is 1. The molecule has 3 heterocycles. The van der Waals surface area contributed by atoms with Gasteiger partial charge in [-0.2, -0.15) is 5.10 Å². The number of rotatable bonds is 7. The van der Waals surface area contributed by atoms with Crippen LogP contribution in [0.1, 0.15) is 117 Å². The summed E-state index contributed by atoms with van der Waals surface area (Å²) < 4.78 is 23.8. The molecule has 0 saturated carbocycles. The Labute approximate surface area is 259 Å². The summed E-state index contributed by atoms with van der Waals surface area (Å²) in [6, 6.07) is 8.51. The van der Waals surface area contributed by atoms with Gasteiger partial charge in [-0.25, -0.2) is 18.7 Å². The lowest BCUT2D eigenvalue weighted by Crippen LogP contribution is -2.21. The minimum atomic E-state index is -2.42. The van der Waals surface area contributed by atoms with Crippen LogP contribution in [0.4, 0.5) is 14.7 Å². The van der Waals surface area contributed by atoms with Gasteiger partial charge in [-0.1, -0.05) is 78.2 Å². The SMILES string of the molecule is CC.CC(C)=Cc1ccc(-c2ccnc(N3CCC(c4cn[nH]c4)C3)n2)cc1C.CC=O.CCC(F)(F)CC.CCCC. The summed E-state index contributed by atoms with van der Waals surface area (Å²) in [5.74, 6) is -1.12. The highest BCUT2D eigenvalue weighted by molar-refractivity contribution is 5.66. The van der Waals surface area contributed by atoms with E-state index in [1.807, 2.05) is 38.5 Å². The fourth-order valence-corrected chi connectivity index (χ4v) is 3.92. The molecule has 4 rings (SSSR count). The predicted molar refractivity (Wildman–Crippen MR) is 179 cm³/mol. The molecule has 1 aliphatic heterocycles. The lowest BCUT2D eigenvalue weighted by atomic mass is 10.0. The molecule has 2 aromatic heterocycles. The summed E-state index contributed by atoms with van der Waals surface area (Å²) in [6.07, 6.45) is 12.4. The summed E-state index contributed by atoms with van der Waals surface area (Å²) in [6.45, 7) is 21.1. The van der Waals surface area contributed by atoms with Crippen LogP contribution < -0.4 is 4.90 Å². The van der Waals surface area contributed by atoms with Gasteiger partial charge in [0, 0.05) is 49.8 Å². The van der Waals surface area contributed by atoms with Crippen LogP contribution >= 0.6 is 0 Å². The third kappa shape index (κ3) is 15.0. The second kappa shape index (κ2) is 22.2. The fourth-order valence-electron chi connectivity index (χ4n) is 3.92. The van der Waals surface area contributed by atoms with E-state index in [-0.39, 0.29) is 12.8 Å². The second-order valence-electron chi connectivity index (χ2n) is 10.3. The van der Waals surface area contributed by atoms with Crippen LogP contribution in [0.15, 0.2) is 48.4 Å². The molecular weight excluding hydrogens is 544 g/mol. The highest BCUT2D eigenvalue weighted by Gasteiger charge is 2.26. The number of anilines is 1. The Balaban J connectivity index is 0.000000921. The minimum absolute atomic E-state index is 0.0382. The Bertz CT molecular complexity index is 1170.